The predicted octanol–water partition coefficient (Wildman–Crippen LogP) is 6.38. The average molecular weight is 477 g/mol. The van der Waals surface area contributed by atoms with Crippen LogP contribution in [0.3, 0.4) is 0 Å². The molecule has 0 N–H and O–H groups in total. The number of esters is 1. The summed E-state index contributed by atoms with van der Waals surface area (Å²) in [5.41, 5.74) is 2.31. The van der Waals surface area contributed by atoms with Gasteiger partial charge in [0, 0.05) is 29.5 Å². The zero-order valence-corrected chi connectivity index (χ0v) is 18.9. The van der Waals surface area contributed by atoms with Gasteiger partial charge in [-0.3, -0.25) is 14.9 Å². The van der Waals surface area contributed by atoms with E-state index in [-0.39, 0.29) is 22.8 Å². The van der Waals surface area contributed by atoms with Gasteiger partial charge >= 0.3 is 5.97 Å². The van der Waals surface area contributed by atoms with Crippen LogP contribution >= 0.6 is 0 Å². The van der Waals surface area contributed by atoms with Crippen molar-refractivity contribution in [1.29, 1.82) is 0 Å². The molecule has 1 aromatic heterocycles. The largest absolute Gasteiger partial charge is 0.460 e. The third-order valence-electron chi connectivity index (χ3n) is 5.73. The Morgan fingerprint density at radius 1 is 0.806 bits per heavy atom. The Hall–Kier alpha value is -5.04. The number of nitro groups is 1. The summed E-state index contributed by atoms with van der Waals surface area (Å²) in [6.07, 6.45) is 0.364. The van der Waals surface area contributed by atoms with Gasteiger partial charge in [-0.15, -0.1) is 0 Å². The lowest BCUT2D eigenvalue weighted by molar-refractivity contribution is -0.384. The van der Waals surface area contributed by atoms with E-state index in [0.717, 1.165) is 5.56 Å². The third-order valence-corrected chi connectivity index (χ3v) is 5.73. The Morgan fingerprint density at radius 2 is 1.47 bits per heavy atom. The highest BCUT2D eigenvalue weighted by molar-refractivity contribution is 6.17. The molecule has 0 amide bonds. The smallest absolute Gasteiger partial charge is 0.343 e. The number of ether oxygens (including phenoxy) is 1. The number of non-ortho nitro benzene ring substituents is 1. The molecule has 0 spiro atoms. The van der Waals surface area contributed by atoms with Crippen LogP contribution in [-0.2, 0) is 6.42 Å². The summed E-state index contributed by atoms with van der Waals surface area (Å²) in [5.74, 6) is -0.153. The first-order chi connectivity index (χ1) is 17.5. The van der Waals surface area contributed by atoms with Crippen LogP contribution in [0.5, 0.6) is 5.75 Å². The van der Waals surface area contributed by atoms with Crippen molar-refractivity contribution in [3.05, 3.63) is 141 Å². The second-order valence-electron chi connectivity index (χ2n) is 8.11. The highest BCUT2D eigenvalue weighted by Gasteiger charge is 2.24. The van der Waals surface area contributed by atoms with E-state index >= 15 is 0 Å². The van der Waals surface area contributed by atoms with Crippen molar-refractivity contribution in [2.24, 2.45) is 0 Å². The van der Waals surface area contributed by atoms with E-state index in [2.05, 4.69) is 0 Å². The summed E-state index contributed by atoms with van der Waals surface area (Å²) in [6, 6.07) is 28.5. The van der Waals surface area contributed by atoms with E-state index in [0.29, 0.717) is 34.3 Å². The molecule has 4 aromatic carbocycles. The number of furan rings is 1. The highest BCUT2D eigenvalue weighted by Crippen LogP contribution is 2.33. The topological polar surface area (TPSA) is 99.7 Å². The van der Waals surface area contributed by atoms with Gasteiger partial charge in [0.25, 0.3) is 5.69 Å². The van der Waals surface area contributed by atoms with Gasteiger partial charge in [-0.2, -0.15) is 0 Å². The summed E-state index contributed by atoms with van der Waals surface area (Å²) in [5, 5.41) is 11.5. The maximum absolute atomic E-state index is 13.6. The molecular weight excluding hydrogens is 458 g/mol. The van der Waals surface area contributed by atoms with Crippen LogP contribution in [0.2, 0.25) is 0 Å². The molecule has 5 aromatic rings. The quantitative estimate of drug-likeness (QED) is 0.0886. The second kappa shape index (κ2) is 9.68. The average Bonchev–Trinajstić information content (AvgIpc) is 3.26. The number of carbonyl (C=O) groups is 2. The normalized spacial score (nSPS) is 10.8. The molecule has 0 atom stereocenters. The maximum atomic E-state index is 13.6. The molecule has 7 heteroatoms. The number of carbonyl (C=O) groups excluding carboxylic acids is 2. The van der Waals surface area contributed by atoms with Crippen LogP contribution in [0.4, 0.5) is 5.69 Å². The maximum Gasteiger partial charge on any atom is 0.343 e. The van der Waals surface area contributed by atoms with Gasteiger partial charge in [-0.05, 0) is 48.0 Å². The molecule has 0 saturated carbocycles. The van der Waals surface area contributed by atoms with Crippen molar-refractivity contribution >= 4 is 28.4 Å². The van der Waals surface area contributed by atoms with Crippen molar-refractivity contribution in [3.8, 4) is 5.75 Å². The van der Waals surface area contributed by atoms with Gasteiger partial charge in [-0.1, -0.05) is 48.5 Å². The minimum Gasteiger partial charge on any atom is -0.460 e. The Kier molecular flexibility index (Phi) is 6.11. The van der Waals surface area contributed by atoms with Crippen molar-refractivity contribution in [2.75, 3.05) is 0 Å². The van der Waals surface area contributed by atoms with Gasteiger partial charge in [0.1, 0.15) is 17.1 Å². The fourth-order valence-corrected chi connectivity index (χ4v) is 3.96. The lowest BCUT2D eigenvalue weighted by atomic mass is 9.97. The van der Waals surface area contributed by atoms with E-state index in [1.165, 1.54) is 24.3 Å². The summed E-state index contributed by atoms with van der Waals surface area (Å²) in [7, 11) is 0. The van der Waals surface area contributed by atoms with Crippen LogP contribution in [0.15, 0.2) is 108 Å². The van der Waals surface area contributed by atoms with E-state index < -0.39 is 10.9 Å². The molecule has 176 valence electrons. The molecule has 0 aliphatic rings. The van der Waals surface area contributed by atoms with Crippen LogP contribution in [0.1, 0.15) is 37.6 Å². The van der Waals surface area contributed by atoms with Crippen molar-refractivity contribution in [3.63, 3.8) is 0 Å². The number of hydrogen-bond donors (Lipinski definition) is 0. The number of nitro benzene ring substituents is 1. The van der Waals surface area contributed by atoms with E-state index in [4.69, 9.17) is 9.15 Å². The fourth-order valence-electron chi connectivity index (χ4n) is 3.96. The second-order valence-corrected chi connectivity index (χ2v) is 8.11. The van der Waals surface area contributed by atoms with Crippen molar-refractivity contribution in [2.45, 2.75) is 6.42 Å². The summed E-state index contributed by atoms with van der Waals surface area (Å²) >= 11 is 0. The SMILES string of the molecule is O=C(Oc1ccc2oc(Cc3ccccc3)c(C(=O)c3ccc([N+](=O)[O-])cc3)c2c1)c1ccccc1. The van der Waals surface area contributed by atoms with E-state index in [9.17, 15) is 19.7 Å². The summed E-state index contributed by atoms with van der Waals surface area (Å²) in [4.78, 5) is 36.7. The molecule has 0 fully saturated rings. The molecule has 0 unspecified atom stereocenters. The third kappa shape index (κ3) is 4.63. The van der Waals surface area contributed by atoms with E-state index in [1.54, 1.807) is 48.5 Å². The van der Waals surface area contributed by atoms with E-state index in [1.807, 2.05) is 30.3 Å². The van der Waals surface area contributed by atoms with Crippen molar-refractivity contribution < 1.29 is 23.7 Å². The first-order valence-corrected chi connectivity index (χ1v) is 11.2. The number of rotatable bonds is 7. The van der Waals surface area contributed by atoms with Crippen LogP contribution in [-0.4, -0.2) is 16.7 Å². The molecule has 5 rings (SSSR count). The van der Waals surface area contributed by atoms with Gasteiger partial charge in [0.2, 0.25) is 0 Å². The minimum absolute atomic E-state index is 0.108. The lowest BCUT2D eigenvalue weighted by Gasteiger charge is -2.06. The molecule has 0 bridgehead atoms. The monoisotopic (exact) mass is 477 g/mol. The van der Waals surface area contributed by atoms with Crippen LogP contribution in [0, 0.1) is 10.1 Å². The fraction of sp³-hybridized carbons (Fsp3) is 0.0345. The molecule has 0 aliphatic carbocycles. The van der Waals surface area contributed by atoms with Crippen molar-refractivity contribution in [1.82, 2.24) is 0 Å². The Morgan fingerprint density at radius 3 is 2.14 bits per heavy atom. The van der Waals surface area contributed by atoms with Gasteiger partial charge < -0.3 is 9.15 Å². The molecule has 1 heterocycles. The minimum atomic E-state index is -0.522. The Labute approximate surface area is 205 Å². The zero-order valence-electron chi connectivity index (χ0n) is 18.9. The first kappa shape index (κ1) is 22.7. The van der Waals surface area contributed by atoms with Gasteiger partial charge in [0.15, 0.2) is 5.78 Å². The summed E-state index contributed by atoms with van der Waals surface area (Å²) in [6.45, 7) is 0. The molecule has 0 saturated heterocycles. The molecule has 0 radical (unpaired) electrons. The number of hydrogen-bond acceptors (Lipinski definition) is 6. The number of nitrogens with zero attached hydrogens (tertiary/aromatic N) is 1. The van der Waals surface area contributed by atoms with Gasteiger partial charge in [-0.25, -0.2) is 4.79 Å². The predicted molar refractivity (Wildman–Crippen MR) is 133 cm³/mol. The lowest BCUT2D eigenvalue weighted by Crippen LogP contribution is -2.08. The first-order valence-electron chi connectivity index (χ1n) is 11.2. The standard InChI is InChI=1S/C29H19NO6/c31-28(20-11-13-22(14-12-20)30(33)34)27-24-18-23(35-29(32)21-9-5-2-6-10-21)15-16-25(24)36-26(27)17-19-7-3-1-4-8-19/h1-16,18H,17H2. The van der Waals surface area contributed by atoms with Gasteiger partial charge in [0.05, 0.1) is 16.1 Å². The molecule has 0 aliphatic heterocycles. The summed E-state index contributed by atoms with van der Waals surface area (Å²) < 4.78 is 11.6. The number of ketones is 1. The Bertz CT molecular complexity index is 1570. The Balaban J connectivity index is 1.57. The number of benzene rings is 4. The highest BCUT2D eigenvalue weighted by atomic mass is 16.6. The molecule has 36 heavy (non-hydrogen) atoms. The number of fused-ring (bicyclic) bond motifs is 1. The van der Waals surface area contributed by atoms with Crippen LogP contribution < -0.4 is 4.74 Å². The molecule has 7 nitrogen and oxygen atoms in total. The molecular formula is C29H19NO6. The van der Waals surface area contributed by atoms with Crippen LogP contribution in [0.25, 0.3) is 11.0 Å². The zero-order chi connectivity index (χ0) is 25.1.